The summed E-state index contributed by atoms with van der Waals surface area (Å²) in [7, 11) is -1.72. The summed E-state index contributed by atoms with van der Waals surface area (Å²) >= 11 is 0. The Morgan fingerprint density at radius 1 is 1.22 bits per heavy atom. The lowest BCUT2D eigenvalue weighted by molar-refractivity contribution is 0.331. The van der Waals surface area contributed by atoms with Crippen molar-refractivity contribution in [3.63, 3.8) is 0 Å². The van der Waals surface area contributed by atoms with Gasteiger partial charge in [0.2, 0.25) is 0 Å². The van der Waals surface area contributed by atoms with Gasteiger partial charge < -0.3 is 9.73 Å². The number of hydrogen-bond acceptors (Lipinski definition) is 5. The largest absolute Gasteiger partial charge is 0.423 e. The van der Waals surface area contributed by atoms with Crippen LogP contribution in [0.3, 0.4) is 0 Å². The van der Waals surface area contributed by atoms with Gasteiger partial charge in [0.25, 0.3) is 16.2 Å². The number of rotatable bonds is 7. The first-order valence-electron chi connectivity index (χ1n) is 9.46. The van der Waals surface area contributed by atoms with E-state index >= 15 is 0 Å². The minimum atomic E-state index is -3.36. The lowest BCUT2D eigenvalue weighted by Gasteiger charge is -2.29. The van der Waals surface area contributed by atoms with Crippen LogP contribution in [0.25, 0.3) is 11.1 Å². The molecule has 4 rings (SSSR count). The molecule has 27 heavy (non-hydrogen) atoms. The third-order valence-corrected chi connectivity index (χ3v) is 7.11. The van der Waals surface area contributed by atoms with Gasteiger partial charge in [-0.2, -0.15) is 17.7 Å². The van der Waals surface area contributed by atoms with Crippen LogP contribution in [0.2, 0.25) is 0 Å². The Bertz CT molecular complexity index is 904. The van der Waals surface area contributed by atoms with E-state index in [9.17, 15) is 12.8 Å². The van der Waals surface area contributed by atoms with Crippen LogP contribution >= 0.6 is 0 Å². The van der Waals surface area contributed by atoms with E-state index in [1.54, 1.807) is 13.1 Å². The number of nitrogens with zero attached hydrogens (tertiary/aromatic N) is 2. The lowest BCUT2D eigenvalue weighted by atomic mass is 9.86. The molecule has 2 aliphatic carbocycles. The maximum atomic E-state index is 13.2. The maximum absolute atomic E-state index is 13.2. The van der Waals surface area contributed by atoms with Crippen LogP contribution in [0.4, 0.5) is 10.4 Å². The summed E-state index contributed by atoms with van der Waals surface area (Å²) in [5.41, 5.74) is 1.06. The Labute approximate surface area is 158 Å². The molecule has 0 amide bonds. The molecular weight excluding hydrogens is 371 g/mol. The summed E-state index contributed by atoms with van der Waals surface area (Å²) in [6, 6.07) is 5.10. The normalized spacial score (nSPS) is 23.8. The van der Waals surface area contributed by atoms with Crippen molar-refractivity contribution in [2.24, 2.45) is 5.92 Å². The van der Waals surface area contributed by atoms with Crippen LogP contribution in [0.1, 0.15) is 38.5 Å². The Morgan fingerprint density at radius 2 is 1.96 bits per heavy atom. The highest BCUT2D eigenvalue weighted by molar-refractivity contribution is 7.87. The molecule has 148 valence electrons. The first kappa shape index (κ1) is 18.6. The molecule has 2 aliphatic rings. The molecular formula is C18H25FN4O3S. The van der Waals surface area contributed by atoms with Gasteiger partial charge in [0, 0.05) is 31.7 Å². The zero-order valence-electron chi connectivity index (χ0n) is 15.3. The fourth-order valence-electron chi connectivity index (χ4n) is 3.61. The molecule has 0 radical (unpaired) electrons. The summed E-state index contributed by atoms with van der Waals surface area (Å²) < 4.78 is 47.5. The number of anilines is 1. The topological polar surface area (TPSA) is 87.5 Å². The number of hydrogen-bond donors (Lipinski definition) is 2. The van der Waals surface area contributed by atoms with Crippen molar-refractivity contribution in [2.45, 2.75) is 50.6 Å². The number of oxazole rings is 1. The quantitative estimate of drug-likeness (QED) is 0.751. The molecule has 2 saturated carbocycles. The smallest absolute Gasteiger partial charge is 0.295 e. The summed E-state index contributed by atoms with van der Waals surface area (Å²) in [4.78, 5) is 4.34. The van der Waals surface area contributed by atoms with Crippen LogP contribution < -0.4 is 10.0 Å². The zero-order valence-corrected chi connectivity index (χ0v) is 16.1. The molecule has 0 aliphatic heterocycles. The highest BCUT2D eigenvalue weighted by Gasteiger charge is 2.34. The number of nitrogens with one attached hydrogen (secondary N) is 2. The van der Waals surface area contributed by atoms with E-state index < -0.39 is 10.2 Å². The first-order chi connectivity index (χ1) is 12.9. The standard InChI is InChI=1S/C18H25FN4O3S/c1-23(15-7-8-15)27(24,25)20-11-12-2-5-14(6-3-12)21-18-22-16-9-4-13(19)10-17(16)26-18/h4,9-10,12,14-15,20H,2-3,5-8,11H2,1H3,(H,21,22). The van der Waals surface area contributed by atoms with E-state index in [0.29, 0.717) is 29.6 Å². The molecule has 7 nitrogen and oxygen atoms in total. The summed E-state index contributed by atoms with van der Waals surface area (Å²) in [5, 5.41) is 3.28. The van der Waals surface area contributed by atoms with Gasteiger partial charge in [-0.3, -0.25) is 0 Å². The van der Waals surface area contributed by atoms with Crippen molar-refractivity contribution in [3.8, 4) is 0 Å². The molecule has 2 aromatic rings. The fraction of sp³-hybridized carbons (Fsp3) is 0.611. The van der Waals surface area contributed by atoms with Crippen molar-refractivity contribution >= 4 is 27.3 Å². The molecule has 1 heterocycles. The fourth-order valence-corrected chi connectivity index (χ4v) is 4.86. The van der Waals surface area contributed by atoms with Crippen molar-refractivity contribution in [1.29, 1.82) is 0 Å². The molecule has 0 bridgehead atoms. The molecule has 1 aromatic carbocycles. The average molecular weight is 396 g/mol. The van der Waals surface area contributed by atoms with Crippen molar-refractivity contribution in [1.82, 2.24) is 14.0 Å². The summed E-state index contributed by atoms with van der Waals surface area (Å²) in [6.45, 7) is 0.480. The second-order valence-electron chi connectivity index (χ2n) is 7.59. The average Bonchev–Trinajstić information content (AvgIpc) is 3.41. The third-order valence-electron chi connectivity index (χ3n) is 5.52. The Hall–Kier alpha value is -1.71. The van der Waals surface area contributed by atoms with Crippen molar-refractivity contribution in [3.05, 3.63) is 24.0 Å². The van der Waals surface area contributed by atoms with Gasteiger partial charge >= 0.3 is 0 Å². The van der Waals surface area contributed by atoms with Gasteiger partial charge in [0.1, 0.15) is 11.3 Å². The summed E-state index contributed by atoms with van der Waals surface area (Å²) in [5.74, 6) is -0.0105. The zero-order chi connectivity index (χ0) is 19.0. The molecule has 2 fully saturated rings. The van der Waals surface area contributed by atoms with Gasteiger partial charge in [-0.05, 0) is 56.6 Å². The molecule has 0 saturated heterocycles. The van der Waals surface area contributed by atoms with E-state index in [0.717, 1.165) is 38.5 Å². The second-order valence-corrected chi connectivity index (χ2v) is 9.41. The minimum absolute atomic E-state index is 0.173. The third kappa shape index (κ3) is 4.41. The van der Waals surface area contributed by atoms with Gasteiger partial charge in [-0.25, -0.2) is 9.11 Å². The van der Waals surface area contributed by atoms with E-state index in [-0.39, 0.29) is 17.9 Å². The predicted molar refractivity (Wildman–Crippen MR) is 101 cm³/mol. The minimum Gasteiger partial charge on any atom is -0.423 e. The van der Waals surface area contributed by atoms with Crippen molar-refractivity contribution < 1.29 is 17.2 Å². The van der Waals surface area contributed by atoms with Crippen LogP contribution in [-0.2, 0) is 10.2 Å². The van der Waals surface area contributed by atoms with Crippen molar-refractivity contribution in [2.75, 3.05) is 18.9 Å². The van der Waals surface area contributed by atoms with Crippen LogP contribution in [-0.4, -0.2) is 43.4 Å². The molecule has 0 unspecified atom stereocenters. The van der Waals surface area contributed by atoms with E-state index in [2.05, 4.69) is 15.0 Å². The van der Waals surface area contributed by atoms with Crippen LogP contribution in [0, 0.1) is 11.7 Å². The van der Waals surface area contributed by atoms with Crippen LogP contribution in [0.5, 0.6) is 0 Å². The Kier molecular flexibility index (Phi) is 5.09. The maximum Gasteiger partial charge on any atom is 0.295 e. The number of aromatic nitrogens is 1. The molecule has 9 heteroatoms. The monoisotopic (exact) mass is 396 g/mol. The van der Waals surface area contributed by atoms with E-state index in [1.165, 1.54) is 16.4 Å². The first-order valence-corrected chi connectivity index (χ1v) is 10.9. The van der Waals surface area contributed by atoms with Crippen LogP contribution in [0.15, 0.2) is 22.6 Å². The molecule has 0 atom stereocenters. The molecule has 0 spiro atoms. The van der Waals surface area contributed by atoms with Gasteiger partial charge in [0.05, 0.1) is 0 Å². The molecule has 2 N–H and O–H groups in total. The van der Waals surface area contributed by atoms with Gasteiger partial charge in [-0.15, -0.1) is 0 Å². The predicted octanol–water partition coefficient (Wildman–Crippen LogP) is 2.87. The Morgan fingerprint density at radius 3 is 2.67 bits per heavy atom. The molecule has 1 aromatic heterocycles. The highest BCUT2D eigenvalue weighted by Crippen LogP contribution is 2.29. The number of halogens is 1. The summed E-state index contributed by atoms with van der Waals surface area (Å²) in [6.07, 6.45) is 5.60. The number of fused-ring (bicyclic) bond motifs is 1. The SMILES string of the molecule is CN(C1CC1)S(=O)(=O)NCC1CCC(Nc2nc3ccc(F)cc3o2)CC1. The van der Waals surface area contributed by atoms with Gasteiger partial charge in [0.15, 0.2) is 5.58 Å². The Balaban J connectivity index is 1.26. The second kappa shape index (κ2) is 7.37. The lowest BCUT2D eigenvalue weighted by Crippen LogP contribution is -2.42. The van der Waals surface area contributed by atoms with E-state index in [1.807, 2.05) is 0 Å². The highest BCUT2D eigenvalue weighted by atomic mass is 32.2. The van der Waals surface area contributed by atoms with Gasteiger partial charge in [-0.1, -0.05) is 0 Å². The number of benzene rings is 1. The van der Waals surface area contributed by atoms with E-state index in [4.69, 9.17) is 4.42 Å².